The molecule has 1 spiro atoms. The Morgan fingerprint density at radius 1 is 1.09 bits per heavy atom. The van der Waals surface area contributed by atoms with Crippen molar-refractivity contribution in [3.05, 3.63) is 64.1 Å². The Hall–Kier alpha value is -2.61. The minimum absolute atomic E-state index is 0.0429. The quantitative estimate of drug-likeness (QED) is 0.458. The van der Waals surface area contributed by atoms with Crippen LogP contribution in [0.2, 0.25) is 10.0 Å². The van der Waals surface area contributed by atoms with Gasteiger partial charge in [0.25, 0.3) is 5.91 Å². The molecule has 2 saturated heterocycles. The van der Waals surface area contributed by atoms with E-state index in [0.717, 1.165) is 4.90 Å². The Morgan fingerprint density at radius 3 is 2.34 bits per heavy atom. The smallest absolute Gasteiger partial charge is 0.417 e. The molecule has 4 rings (SSSR count). The number of para-hydroxylation sites is 1. The fourth-order valence-corrected chi connectivity index (χ4v) is 5.26. The number of amides is 2. The van der Waals surface area contributed by atoms with Crippen molar-refractivity contribution in [3.8, 4) is 0 Å². The second-order valence-corrected chi connectivity index (χ2v) is 11.4. The molecule has 186 valence electrons. The first kappa shape index (κ1) is 25.5. The molecule has 0 aromatic heterocycles. The van der Waals surface area contributed by atoms with E-state index in [1.807, 2.05) is 18.2 Å². The molecule has 0 N–H and O–H groups in total. The first-order valence-electron chi connectivity index (χ1n) is 11.3. The molecule has 0 unspecified atom stereocenters. The molecule has 7 nitrogen and oxygen atoms in total. The van der Waals surface area contributed by atoms with E-state index in [4.69, 9.17) is 32.8 Å². The number of carbonyl (C=O) groups is 3. The molecule has 2 aromatic carbocycles. The van der Waals surface area contributed by atoms with Gasteiger partial charge in [-0.15, -0.1) is 0 Å². The fourth-order valence-electron chi connectivity index (χ4n) is 4.76. The van der Waals surface area contributed by atoms with Crippen LogP contribution in [0.15, 0.2) is 48.5 Å². The average Bonchev–Trinajstić information content (AvgIpc) is 3.21. The van der Waals surface area contributed by atoms with Gasteiger partial charge in [-0.25, -0.2) is 14.8 Å². The van der Waals surface area contributed by atoms with Crippen molar-refractivity contribution < 1.29 is 24.0 Å². The summed E-state index contributed by atoms with van der Waals surface area (Å²) < 4.78 is 5.51. The van der Waals surface area contributed by atoms with Gasteiger partial charge in [-0.05, 0) is 65.0 Å². The number of carbonyl (C=O) groups excluding carboxylic acids is 3. The maximum Gasteiger partial charge on any atom is 0.417 e. The van der Waals surface area contributed by atoms with Crippen LogP contribution < -0.4 is 5.06 Å². The monoisotopic (exact) mass is 518 g/mol. The van der Waals surface area contributed by atoms with Gasteiger partial charge in [0.2, 0.25) is 0 Å². The second kappa shape index (κ2) is 8.80. The van der Waals surface area contributed by atoms with E-state index in [1.54, 1.807) is 58.9 Å². The molecule has 0 bridgehead atoms. The lowest BCUT2D eigenvalue weighted by Gasteiger charge is -2.31. The number of ether oxygens (including phenoxy) is 1. The van der Waals surface area contributed by atoms with Crippen molar-refractivity contribution in [3.63, 3.8) is 0 Å². The summed E-state index contributed by atoms with van der Waals surface area (Å²) in [7, 11) is 0. The molecule has 2 amide bonds. The highest BCUT2D eigenvalue weighted by atomic mass is 35.5. The van der Waals surface area contributed by atoms with Gasteiger partial charge in [-0.1, -0.05) is 41.4 Å². The largest absolute Gasteiger partial charge is 0.443 e. The minimum Gasteiger partial charge on any atom is -0.443 e. The van der Waals surface area contributed by atoms with Gasteiger partial charge in [0.1, 0.15) is 11.6 Å². The van der Waals surface area contributed by atoms with E-state index in [-0.39, 0.29) is 29.2 Å². The number of benzene rings is 2. The Morgan fingerprint density at radius 2 is 1.74 bits per heavy atom. The van der Waals surface area contributed by atoms with Crippen LogP contribution in [0, 0.1) is 0 Å². The number of nitrogens with zero attached hydrogens (tertiary/aromatic N) is 2. The normalized spacial score (nSPS) is 23.7. The molecule has 2 heterocycles. The number of likely N-dealkylation sites (tertiary alicyclic amines) is 1. The van der Waals surface area contributed by atoms with Gasteiger partial charge in [-0.3, -0.25) is 14.4 Å². The number of halogens is 2. The fraction of sp³-hybridized carbons (Fsp3) is 0.423. The second-order valence-electron chi connectivity index (χ2n) is 10.6. The lowest BCUT2D eigenvalue weighted by Crippen LogP contribution is -2.49. The van der Waals surface area contributed by atoms with Crippen molar-refractivity contribution in [1.82, 2.24) is 4.90 Å². The Kier molecular flexibility index (Phi) is 6.41. The third-order valence-electron chi connectivity index (χ3n) is 6.08. The maximum atomic E-state index is 13.8. The predicted molar refractivity (Wildman–Crippen MR) is 134 cm³/mol. The molecule has 9 heteroatoms. The van der Waals surface area contributed by atoms with Crippen LogP contribution in [0.4, 0.5) is 10.5 Å². The summed E-state index contributed by atoms with van der Waals surface area (Å²) in [4.78, 5) is 47.9. The maximum absolute atomic E-state index is 13.8. The summed E-state index contributed by atoms with van der Waals surface area (Å²) in [6, 6.07) is 12.9. The summed E-state index contributed by atoms with van der Waals surface area (Å²) in [5.41, 5.74) is -2.21. The molecule has 2 fully saturated rings. The number of imide groups is 1. The molecule has 2 atom stereocenters. The highest BCUT2D eigenvalue weighted by Crippen LogP contribution is 2.48. The minimum atomic E-state index is -1.42. The Bertz CT molecular complexity index is 1180. The molecule has 2 aromatic rings. The zero-order valence-electron chi connectivity index (χ0n) is 20.3. The molecular formula is C26H28Cl2N2O5. The van der Waals surface area contributed by atoms with E-state index in [2.05, 4.69) is 0 Å². The summed E-state index contributed by atoms with van der Waals surface area (Å²) in [5, 5.41) is 2.08. The van der Waals surface area contributed by atoms with Gasteiger partial charge in [0.15, 0.2) is 11.4 Å². The first-order valence-corrected chi connectivity index (χ1v) is 12.1. The molecule has 0 saturated carbocycles. The molecule has 0 aliphatic carbocycles. The van der Waals surface area contributed by atoms with Crippen LogP contribution in [0.1, 0.15) is 57.8 Å². The average molecular weight is 519 g/mol. The highest BCUT2D eigenvalue weighted by molar-refractivity contribution is 6.37. The number of hydrogen-bond donors (Lipinski definition) is 0. The van der Waals surface area contributed by atoms with Crippen molar-refractivity contribution in [2.75, 3.05) is 5.06 Å². The van der Waals surface area contributed by atoms with Gasteiger partial charge in [0.05, 0.1) is 16.2 Å². The molecule has 2 aliphatic rings. The lowest BCUT2D eigenvalue weighted by molar-refractivity contribution is -0.145. The molecule has 35 heavy (non-hydrogen) atoms. The van der Waals surface area contributed by atoms with Crippen LogP contribution in [-0.2, 0) is 14.4 Å². The number of hydrogen-bond acceptors (Lipinski definition) is 6. The van der Waals surface area contributed by atoms with Crippen LogP contribution in [-0.4, -0.2) is 45.5 Å². The lowest BCUT2D eigenvalue weighted by atomic mass is 9.86. The summed E-state index contributed by atoms with van der Waals surface area (Å²) in [6.07, 6.45) is -0.504. The van der Waals surface area contributed by atoms with Crippen molar-refractivity contribution in [2.45, 2.75) is 70.2 Å². The number of ketones is 1. The van der Waals surface area contributed by atoms with Crippen LogP contribution >= 0.6 is 23.2 Å². The Labute approximate surface area is 214 Å². The molecule has 2 aliphatic heterocycles. The highest BCUT2D eigenvalue weighted by Gasteiger charge is 2.65. The first-order chi connectivity index (χ1) is 16.2. The van der Waals surface area contributed by atoms with E-state index in [9.17, 15) is 14.4 Å². The van der Waals surface area contributed by atoms with Gasteiger partial charge >= 0.3 is 6.09 Å². The van der Waals surface area contributed by atoms with Gasteiger partial charge < -0.3 is 4.74 Å². The number of Topliss-reactive ketones (excluding diaryl/α,β-unsaturated/α-hetero) is 1. The van der Waals surface area contributed by atoms with E-state index in [0.29, 0.717) is 10.7 Å². The standard InChI is InChI=1S/C26H28Cl2N2O5/c1-24(2,3)34-23(33)29-22(32)26(15-25(29,4)5)14-20(30(35-26)17-9-7-6-8-10-17)21(31)18-12-11-16(27)13-19(18)28/h6-13,20H,14-15H2,1-5H3/t20-,26+/m1/s1. The van der Waals surface area contributed by atoms with Crippen LogP contribution in [0.3, 0.4) is 0 Å². The predicted octanol–water partition coefficient (Wildman–Crippen LogP) is 6.07. The molecule has 0 radical (unpaired) electrons. The third-order valence-corrected chi connectivity index (χ3v) is 6.63. The molecular weight excluding hydrogens is 491 g/mol. The summed E-state index contributed by atoms with van der Waals surface area (Å²) >= 11 is 12.4. The third kappa shape index (κ3) is 4.77. The Balaban J connectivity index is 1.74. The van der Waals surface area contributed by atoms with Crippen molar-refractivity contribution >= 4 is 46.7 Å². The topological polar surface area (TPSA) is 76.2 Å². The van der Waals surface area contributed by atoms with Crippen LogP contribution in [0.5, 0.6) is 0 Å². The zero-order valence-corrected chi connectivity index (χ0v) is 21.8. The van der Waals surface area contributed by atoms with Crippen molar-refractivity contribution in [1.29, 1.82) is 0 Å². The zero-order chi connectivity index (χ0) is 25.8. The van der Waals surface area contributed by atoms with E-state index < -0.39 is 34.8 Å². The number of hydroxylamine groups is 1. The number of anilines is 1. The van der Waals surface area contributed by atoms with E-state index >= 15 is 0 Å². The SMILES string of the molecule is CC(C)(C)OC(=O)N1C(=O)[C@]2(C[C@H](C(=O)c3ccc(Cl)cc3Cl)N(c3ccccc3)O2)CC1(C)C. The van der Waals surface area contributed by atoms with Gasteiger partial charge in [-0.2, -0.15) is 0 Å². The van der Waals surface area contributed by atoms with Crippen LogP contribution in [0.25, 0.3) is 0 Å². The van der Waals surface area contributed by atoms with E-state index in [1.165, 1.54) is 11.1 Å². The number of rotatable bonds is 3. The summed E-state index contributed by atoms with van der Waals surface area (Å²) in [5.74, 6) is -0.844. The van der Waals surface area contributed by atoms with Gasteiger partial charge in [0, 0.05) is 23.4 Å². The van der Waals surface area contributed by atoms with Crippen molar-refractivity contribution in [2.24, 2.45) is 0 Å². The summed E-state index contributed by atoms with van der Waals surface area (Å²) in [6.45, 7) is 8.78.